The number of hydrogen-bond donors (Lipinski definition) is 1. The maximum absolute atomic E-state index is 13.8. The number of aromatic carboxylic acids is 1. The number of carbonyl (C=O) groups is 1. The van der Waals surface area contributed by atoms with Crippen molar-refractivity contribution in [2.24, 2.45) is 0 Å². The average Bonchev–Trinajstić information content (AvgIpc) is 3.43. The number of ether oxygens (including phenoxy) is 1. The number of piperidine rings is 1. The number of halogens is 3. The van der Waals surface area contributed by atoms with Crippen molar-refractivity contribution in [3.8, 4) is 11.3 Å². The Labute approximate surface area is 227 Å². The lowest BCUT2D eigenvalue weighted by molar-refractivity contribution is -0.137. The Kier molecular flexibility index (Phi) is 5.92. The Morgan fingerprint density at radius 1 is 1.05 bits per heavy atom. The van der Waals surface area contributed by atoms with Crippen LogP contribution in [0.2, 0.25) is 0 Å². The summed E-state index contributed by atoms with van der Waals surface area (Å²) in [6.45, 7) is 0.153. The SMILES string of the molecule is O=C(O)c1cc2cc(N3C4CCC3CC(OCc3c(-c5ccccc5C(F)(F)F)noc3C3CC3)C4)ccc2o1. The molecule has 40 heavy (non-hydrogen) atoms. The van der Waals surface area contributed by atoms with E-state index in [9.17, 15) is 23.1 Å². The van der Waals surface area contributed by atoms with Crippen LogP contribution in [0.4, 0.5) is 18.9 Å². The Hall–Kier alpha value is -3.79. The smallest absolute Gasteiger partial charge is 0.417 e. The minimum absolute atomic E-state index is 0.0137. The van der Waals surface area contributed by atoms with E-state index in [1.807, 2.05) is 18.2 Å². The predicted molar refractivity (Wildman–Crippen MR) is 139 cm³/mol. The van der Waals surface area contributed by atoms with Crippen molar-refractivity contribution in [1.82, 2.24) is 5.16 Å². The molecule has 2 atom stereocenters. The molecule has 2 aliphatic heterocycles. The lowest BCUT2D eigenvalue weighted by atomic mass is 9.97. The Morgan fingerprint density at radius 3 is 2.50 bits per heavy atom. The van der Waals surface area contributed by atoms with E-state index in [4.69, 9.17) is 13.7 Å². The molecular weight excluding hydrogens is 525 g/mol. The minimum Gasteiger partial charge on any atom is -0.475 e. The predicted octanol–water partition coefficient (Wildman–Crippen LogP) is 7.40. The molecule has 2 aromatic heterocycles. The molecule has 3 aliphatic rings. The van der Waals surface area contributed by atoms with Gasteiger partial charge in [-0.25, -0.2) is 4.79 Å². The van der Waals surface area contributed by atoms with Crippen molar-refractivity contribution in [2.45, 2.75) is 75.4 Å². The standard InChI is InChI=1S/C30H27F3N2O5/c31-30(32,33)24-4-2-1-3-22(24)27-23(28(40-34-27)16-5-6-16)15-38-21-13-19-7-8-20(14-21)35(19)18-9-10-25-17(11-18)12-26(39-25)29(36)37/h1-4,9-12,16,19-21H,5-8,13-15H2,(H,36,37). The van der Waals surface area contributed by atoms with Crippen LogP contribution in [0.1, 0.15) is 71.9 Å². The third kappa shape index (κ3) is 4.44. The monoisotopic (exact) mass is 552 g/mol. The fourth-order valence-electron chi connectivity index (χ4n) is 6.46. The highest BCUT2D eigenvalue weighted by Gasteiger charge is 2.42. The lowest BCUT2D eigenvalue weighted by Crippen LogP contribution is -2.45. The number of carboxylic acid groups (broad SMARTS) is 1. The molecule has 7 rings (SSSR count). The molecule has 3 fully saturated rings. The third-order valence-electron chi connectivity index (χ3n) is 8.42. The first kappa shape index (κ1) is 25.2. The van der Waals surface area contributed by atoms with Crippen LogP contribution >= 0.6 is 0 Å². The minimum atomic E-state index is -4.51. The molecule has 0 spiro atoms. The number of furan rings is 1. The van der Waals surface area contributed by atoms with Gasteiger partial charge in [-0.3, -0.25) is 0 Å². The normalized spacial score (nSPS) is 22.8. The van der Waals surface area contributed by atoms with Crippen molar-refractivity contribution >= 4 is 22.6 Å². The highest BCUT2D eigenvalue weighted by Crippen LogP contribution is 2.47. The van der Waals surface area contributed by atoms with E-state index in [1.54, 1.807) is 12.1 Å². The highest BCUT2D eigenvalue weighted by atomic mass is 19.4. The van der Waals surface area contributed by atoms with Gasteiger partial charge < -0.3 is 23.7 Å². The Bertz CT molecular complexity index is 1570. The van der Waals surface area contributed by atoms with E-state index in [0.29, 0.717) is 16.9 Å². The maximum atomic E-state index is 13.8. The molecule has 0 amide bonds. The summed E-state index contributed by atoms with van der Waals surface area (Å²) in [5.74, 6) is -0.366. The summed E-state index contributed by atoms with van der Waals surface area (Å²) in [7, 11) is 0. The molecule has 0 radical (unpaired) electrons. The molecule has 10 heteroatoms. The molecule has 2 bridgehead atoms. The van der Waals surface area contributed by atoms with Crippen molar-refractivity contribution in [3.63, 3.8) is 0 Å². The fraction of sp³-hybridized carbons (Fsp3) is 0.400. The van der Waals surface area contributed by atoms with E-state index in [-0.39, 0.29) is 47.7 Å². The largest absolute Gasteiger partial charge is 0.475 e. The number of hydrogen-bond acceptors (Lipinski definition) is 6. The van der Waals surface area contributed by atoms with E-state index in [0.717, 1.165) is 55.7 Å². The number of alkyl halides is 3. The summed E-state index contributed by atoms with van der Waals surface area (Å²) in [4.78, 5) is 13.7. The van der Waals surface area contributed by atoms with Crippen LogP contribution in [0, 0.1) is 0 Å². The van der Waals surface area contributed by atoms with Crippen LogP contribution in [-0.4, -0.2) is 34.4 Å². The molecule has 4 heterocycles. The lowest BCUT2D eigenvalue weighted by Gasteiger charge is -2.40. The highest BCUT2D eigenvalue weighted by molar-refractivity contribution is 5.92. The Balaban J connectivity index is 1.10. The molecule has 2 aromatic carbocycles. The molecule has 2 saturated heterocycles. The Morgan fingerprint density at radius 2 is 1.80 bits per heavy atom. The van der Waals surface area contributed by atoms with Crippen molar-refractivity contribution in [2.75, 3.05) is 4.90 Å². The van der Waals surface area contributed by atoms with Gasteiger partial charge >= 0.3 is 12.1 Å². The van der Waals surface area contributed by atoms with Gasteiger partial charge in [-0.05, 0) is 68.9 Å². The van der Waals surface area contributed by atoms with Gasteiger partial charge in [0.1, 0.15) is 17.0 Å². The van der Waals surface area contributed by atoms with Crippen LogP contribution in [-0.2, 0) is 17.5 Å². The summed E-state index contributed by atoms with van der Waals surface area (Å²) < 4.78 is 58.8. The summed E-state index contributed by atoms with van der Waals surface area (Å²) >= 11 is 0. The van der Waals surface area contributed by atoms with E-state index in [1.165, 1.54) is 12.1 Å². The van der Waals surface area contributed by atoms with Crippen molar-refractivity contribution < 1.29 is 36.7 Å². The molecular formula is C30H27F3N2O5. The molecule has 1 aliphatic carbocycles. The maximum Gasteiger partial charge on any atom is 0.417 e. The number of aromatic nitrogens is 1. The molecule has 4 aromatic rings. The van der Waals surface area contributed by atoms with Crippen LogP contribution < -0.4 is 4.90 Å². The molecule has 1 N–H and O–H groups in total. The number of fused-ring (bicyclic) bond motifs is 3. The van der Waals surface area contributed by atoms with Crippen molar-refractivity contribution in [3.05, 3.63) is 71.2 Å². The van der Waals surface area contributed by atoms with Crippen molar-refractivity contribution in [1.29, 1.82) is 0 Å². The fourth-order valence-corrected chi connectivity index (χ4v) is 6.46. The number of rotatable bonds is 7. The first-order valence-corrected chi connectivity index (χ1v) is 13.6. The molecule has 1 saturated carbocycles. The second-order valence-electron chi connectivity index (χ2n) is 11.0. The number of carboxylic acids is 1. The first-order chi connectivity index (χ1) is 19.3. The van der Waals surface area contributed by atoms with Gasteiger partial charge in [-0.2, -0.15) is 13.2 Å². The quantitative estimate of drug-likeness (QED) is 0.256. The van der Waals surface area contributed by atoms with Gasteiger partial charge in [0.05, 0.1) is 18.3 Å². The number of anilines is 1. The van der Waals surface area contributed by atoms with E-state index in [2.05, 4.69) is 10.1 Å². The van der Waals surface area contributed by atoms with Crippen LogP contribution in [0.5, 0.6) is 0 Å². The summed E-state index contributed by atoms with van der Waals surface area (Å²) in [6.07, 6.45) is 0.919. The topological polar surface area (TPSA) is 88.9 Å². The first-order valence-electron chi connectivity index (χ1n) is 13.6. The number of benzene rings is 2. The second-order valence-corrected chi connectivity index (χ2v) is 11.0. The average molecular weight is 553 g/mol. The summed E-state index contributed by atoms with van der Waals surface area (Å²) in [5, 5.41) is 14.1. The second kappa shape index (κ2) is 9.40. The van der Waals surface area contributed by atoms with Gasteiger partial charge in [-0.15, -0.1) is 0 Å². The summed E-state index contributed by atoms with van der Waals surface area (Å²) in [6, 6.07) is 13.3. The number of nitrogens with zero attached hydrogens (tertiary/aromatic N) is 2. The zero-order valence-corrected chi connectivity index (χ0v) is 21.5. The van der Waals surface area contributed by atoms with Gasteiger partial charge in [0.25, 0.3) is 0 Å². The molecule has 2 unspecified atom stereocenters. The van der Waals surface area contributed by atoms with Gasteiger partial charge in [0.15, 0.2) is 0 Å². The third-order valence-corrected chi connectivity index (χ3v) is 8.42. The van der Waals surface area contributed by atoms with Gasteiger partial charge in [0.2, 0.25) is 5.76 Å². The summed E-state index contributed by atoms with van der Waals surface area (Å²) in [5.41, 5.74) is 1.67. The molecule has 208 valence electrons. The van der Waals surface area contributed by atoms with Gasteiger partial charge in [-0.1, -0.05) is 23.4 Å². The van der Waals surface area contributed by atoms with Crippen LogP contribution in [0.15, 0.2) is 57.5 Å². The van der Waals surface area contributed by atoms with E-state index < -0.39 is 17.7 Å². The van der Waals surface area contributed by atoms with E-state index >= 15 is 0 Å². The molecule has 7 nitrogen and oxygen atoms in total. The zero-order valence-electron chi connectivity index (χ0n) is 21.5. The van der Waals surface area contributed by atoms with Crippen LogP contribution in [0.25, 0.3) is 22.2 Å². The van der Waals surface area contributed by atoms with Crippen LogP contribution in [0.3, 0.4) is 0 Å². The van der Waals surface area contributed by atoms with Gasteiger partial charge in [0, 0.05) is 40.2 Å². The zero-order chi connectivity index (χ0) is 27.6.